The monoisotopic (exact) mass is 481 g/mol. The highest BCUT2D eigenvalue weighted by Crippen LogP contribution is 2.07. The number of halogens is 1. The van der Waals surface area contributed by atoms with Crippen LogP contribution in [0.2, 0.25) is 0 Å². The number of hydrogen-bond donors (Lipinski definition) is 1. The van der Waals surface area contributed by atoms with E-state index in [4.69, 9.17) is 19.0 Å². The molecule has 0 radical (unpaired) electrons. The van der Waals surface area contributed by atoms with E-state index in [1.165, 1.54) is 0 Å². The molecule has 0 saturated carbocycles. The molecule has 150 valence electrons. The lowest BCUT2D eigenvalue weighted by molar-refractivity contribution is 0.0702. The summed E-state index contributed by atoms with van der Waals surface area (Å²) in [4.78, 5) is 9.45. The summed E-state index contributed by atoms with van der Waals surface area (Å²) in [5.41, 5.74) is 0.988. The zero-order valence-electron chi connectivity index (χ0n) is 15.9. The van der Waals surface area contributed by atoms with Gasteiger partial charge in [0.1, 0.15) is 6.26 Å². The van der Waals surface area contributed by atoms with Crippen LogP contribution in [0.3, 0.4) is 0 Å². The van der Waals surface area contributed by atoms with Crippen LogP contribution < -0.4 is 5.32 Å². The van der Waals surface area contributed by atoms with Crippen molar-refractivity contribution in [2.24, 2.45) is 4.99 Å². The van der Waals surface area contributed by atoms with E-state index in [1.807, 2.05) is 6.07 Å². The van der Waals surface area contributed by atoms with Crippen molar-refractivity contribution in [2.45, 2.75) is 19.9 Å². The van der Waals surface area contributed by atoms with Gasteiger partial charge in [-0.2, -0.15) is 0 Å². The van der Waals surface area contributed by atoms with E-state index in [9.17, 15) is 0 Å². The molecule has 1 N–H and O–H groups in total. The number of ether oxygens (including phenoxy) is 2. The predicted molar refractivity (Wildman–Crippen MR) is 112 cm³/mol. The number of nitrogens with one attached hydrogen (secondary N) is 1. The van der Waals surface area contributed by atoms with Crippen LogP contribution in [-0.4, -0.2) is 87.1 Å². The second kappa shape index (κ2) is 14.2. The molecule has 0 aliphatic carbocycles. The maximum Gasteiger partial charge on any atom is 0.194 e. The number of aliphatic imine (C=N–C) groups is 1. The number of methoxy groups -OCH3 is 1. The number of piperazine rings is 1. The van der Waals surface area contributed by atoms with Gasteiger partial charge >= 0.3 is 0 Å². The zero-order chi connectivity index (χ0) is 17.7. The first-order chi connectivity index (χ1) is 12.3. The molecule has 0 spiro atoms. The molecule has 0 bridgehead atoms. The Labute approximate surface area is 173 Å². The highest BCUT2D eigenvalue weighted by Gasteiger charge is 2.20. The summed E-state index contributed by atoms with van der Waals surface area (Å²) in [6.07, 6.45) is 2.55. The Morgan fingerprint density at radius 3 is 2.73 bits per heavy atom. The van der Waals surface area contributed by atoms with Crippen molar-refractivity contribution in [3.8, 4) is 0 Å². The number of aromatic nitrogens is 1. The molecule has 1 aliphatic rings. The van der Waals surface area contributed by atoms with Crippen LogP contribution >= 0.6 is 24.0 Å². The molecule has 0 amide bonds. The van der Waals surface area contributed by atoms with Crippen molar-refractivity contribution in [1.82, 2.24) is 20.3 Å². The molecule has 1 fully saturated rings. The van der Waals surface area contributed by atoms with Crippen LogP contribution in [0.25, 0.3) is 0 Å². The van der Waals surface area contributed by atoms with Crippen molar-refractivity contribution in [3.63, 3.8) is 0 Å². The van der Waals surface area contributed by atoms with E-state index in [-0.39, 0.29) is 24.0 Å². The van der Waals surface area contributed by atoms with Gasteiger partial charge in [0.05, 0.1) is 18.9 Å². The average molecular weight is 481 g/mol. The second-order valence-electron chi connectivity index (χ2n) is 5.95. The van der Waals surface area contributed by atoms with Gasteiger partial charge in [0.2, 0.25) is 0 Å². The van der Waals surface area contributed by atoms with Crippen molar-refractivity contribution >= 4 is 29.9 Å². The predicted octanol–water partition coefficient (Wildman–Crippen LogP) is 1.43. The molecule has 1 aliphatic heterocycles. The maximum absolute atomic E-state index is 5.48. The Hall–Kier alpha value is -0.910. The Bertz CT molecular complexity index is 479. The molecule has 2 heterocycles. The minimum absolute atomic E-state index is 0. The lowest BCUT2D eigenvalue weighted by atomic mass is 10.3. The largest absolute Gasteiger partial charge is 0.382 e. The number of rotatable bonds is 10. The lowest BCUT2D eigenvalue weighted by Crippen LogP contribution is -2.52. The van der Waals surface area contributed by atoms with Gasteiger partial charge in [-0.15, -0.1) is 24.0 Å². The third-order valence-corrected chi connectivity index (χ3v) is 4.02. The molecule has 9 heteroatoms. The third kappa shape index (κ3) is 8.65. The maximum atomic E-state index is 5.48. The fourth-order valence-electron chi connectivity index (χ4n) is 2.69. The van der Waals surface area contributed by atoms with Crippen LogP contribution in [0.5, 0.6) is 0 Å². The van der Waals surface area contributed by atoms with Crippen molar-refractivity contribution in [3.05, 3.63) is 18.0 Å². The standard InChI is InChI=1S/C17H31N5O3.HI/c1-3-18-17(19-6-4-11-24-14-13-23-2)22-9-7-21(8-10-22)15-16-5-12-25-20-16;/h5,12H,3-4,6-11,13-15H2,1-2H3,(H,18,19);1H. The summed E-state index contributed by atoms with van der Waals surface area (Å²) in [5.74, 6) is 1.00. The molecule has 2 rings (SSSR count). The van der Waals surface area contributed by atoms with Crippen LogP contribution in [0.4, 0.5) is 0 Å². The molecule has 1 aromatic rings. The van der Waals surface area contributed by atoms with Crippen LogP contribution in [0.1, 0.15) is 19.0 Å². The molecular weight excluding hydrogens is 449 g/mol. The SMILES string of the molecule is CCNC(=NCCCOCCOC)N1CCN(Cc2ccon2)CC1.I. The minimum atomic E-state index is 0. The first kappa shape index (κ1) is 23.1. The van der Waals surface area contributed by atoms with Crippen molar-refractivity contribution in [2.75, 3.05) is 66.2 Å². The van der Waals surface area contributed by atoms with E-state index < -0.39 is 0 Å². The summed E-state index contributed by atoms with van der Waals surface area (Å²) in [7, 11) is 1.68. The quantitative estimate of drug-likeness (QED) is 0.235. The van der Waals surface area contributed by atoms with E-state index in [0.717, 1.165) is 70.5 Å². The Balaban J connectivity index is 0.00000338. The lowest BCUT2D eigenvalue weighted by Gasteiger charge is -2.36. The van der Waals surface area contributed by atoms with Gasteiger partial charge < -0.3 is 24.2 Å². The molecule has 0 aromatic carbocycles. The fourth-order valence-corrected chi connectivity index (χ4v) is 2.69. The number of guanidine groups is 1. The van der Waals surface area contributed by atoms with Gasteiger partial charge in [-0.25, -0.2) is 0 Å². The first-order valence-electron chi connectivity index (χ1n) is 9.05. The number of nitrogens with zero attached hydrogens (tertiary/aromatic N) is 4. The van der Waals surface area contributed by atoms with Gasteiger partial charge in [0, 0.05) is 65.6 Å². The summed E-state index contributed by atoms with van der Waals surface area (Å²) >= 11 is 0. The van der Waals surface area contributed by atoms with E-state index in [0.29, 0.717) is 13.2 Å². The molecule has 0 atom stereocenters. The number of hydrogen-bond acceptors (Lipinski definition) is 6. The van der Waals surface area contributed by atoms with E-state index in [2.05, 4.69) is 27.2 Å². The summed E-state index contributed by atoms with van der Waals surface area (Å²) in [5, 5.41) is 7.38. The smallest absolute Gasteiger partial charge is 0.194 e. The topological polar surface area (TPSA) is 75.4 Å². The van der Waals surface area contributed by atoms with Gasteiger partial charge in [-0.3, -0.25) is 9.89 Å². The normalized spacial score (nSPS) is 15.8. The molecule has 0 unspecified atom stereocenters. The molecular formula is C17H32IN5O3. The fraction of sp³-hybridized carbons (Fsp3) is 0.765. The second-order valence-corrected chi connectivity index (χ2v) is 5.95. The Morgan fingerprint density at radius 1 is 1.27 bits per heavy atom. The highest BCUT2D eigenvalue weighted by molar-refractivity contribution is 14.0. The minimum Gasteiger partial charge on any atom is -0.382 e. The molecule has 1 saturated heterocycles. The summed E-state index contributed by atoms with van der Waals surface area (Å²) in [6, 6.07) is 1.92. The average Bonchev–Trinajstić information content (AvgIpc) is 3.14. The summed E-state index contributed by atoms with van der Waals surface area (Å²) in [6.45, 7) is 10.5. The third-order valence-electron chi connectivity index (χ3n) is 4.02. The van der Waals surface area contributed by atoms with Crippen LogP contribution in [0.15, 0.2) is 21.8 Å². The molecule has 1 aromatic heterocycles. The molecule has 26 heavy (non-hydrogen) atoms. The van der Waals surface area contributed by atoms with Gasteiger partial charge in [0.25, 0.3) is 0 Å². The van der Waals surface area contributed by atoms with Crippen molar-refractivity contribution < 1.29 is 14.0 Å². The summed E-state index contributed by atoms with van der Waals surface area (Å²) < 4.78 is 15.3. The van der Waals surface area contributed by atoms with Gasteiger partial charge in [0.15, 0.2) is 5.96 Å². The van der Waals surface area contributed by atoms with Crippen molar-refractivity contribution in [1.29, 1.82) is 0 Å². The Morgan fingerprint density at radius 2 is 2.08 bits per heavy atom. The molecule has 8 nitrogen and oxygen atoms in total. The van der Waals surface area contributed by atoms with Crippen LogP contribution in [-0.2, 0) is 16.0 Å². The highest BCUT2D eigenvalue weighted by atomic mass is 127. The zero-order valence-corrected chi connectivity index (χ0v) is 18.2. The van der Waals surface area contributed by atoms with E-state index >= 15 is 0 Å². The van der Waals surface area contributed by atoms with Gasteiger partial charge in [-0.1, -0.05) is 5.16 Å². The Kier molecular flexibility index (Phi) is 12.6. The van der Waals surface area contributed by atoms with E-state index in [1.54, 1.807) is 13.4 Å². The first-order valence-corrected chi connectivity index (χ1v) is 9.05. The van der Waals surface area contributed by atoms with Gasteiger partial charge in [-0.05, 0) is 13.3 Å². The van der Waals surface area contributed by atoms with Crippen LogP contribution in [0, 0.1) is 0 Å².